The topological polar surface area (TPSA) is 53.3 Å². The fourth-order valence-electron chi connectivity index (χ4n) is 2.39. The summed E-state index contributed by atoms with van der Waals surface area (Å²) in [5.74, 6) is 1.25. The van der Waals surface area contributed by atoms with Gasteiger partial charge in [0.1, 0.15) is 11.5 Å². The molecule has 3 rings (SSSR count). The predicted molar refractivity (Wildman–Crippen MR) is 96.8 cm³/mol. The Bertz CT molecular complexity index is 913. The molecule has 122 valence electrons. The molecule has 0 saturated heterocycles. The minimum Gasteiger partial charge on any atom is -0.457 e. The van der Waals surface area contributed by atoms with E-state index in [-0.39, 0.29) is 5.91 Å². The molecular weight excluding hydrogens is 312 g/mol. The molecule has 0 bridgehead atoms. The van der Waals surface area contributed by atoms with Crippen LogP contribution in [0.4, 0.5) is 5.69 Å². The molecule has 1 amide bonds. The monoisotopic (exact) mass is 328 g/mol. The number of hydrogen-bond acceptors (Lipinski definition) is 3. The highest BCUT2D eigenvalue weighted by molar-refractivity contribution is 6.05. The quantitative estimate of drug-likeness (QED) is 0.702. The molecule has 3 aromatic rings. The number of carbonyl (C=O) groups excluding carboxylic acids is 1. The van der Waals surface area contributed by atoms with Crippen molar-refractivity contribution in [1.29, 1.82) is 5.26 Å². The summed E-state index contributed by atoms with van der Waals surface area (Å²) in [6.07, 6.45) is 0. The van der Waals surface area contributed by atoms with Crippen LogP contribution in [0.2, 0.25) is 0 Å². The van der Waals surface area contributed by atoms with Crippen LogP contribution in [0.25, 0.3) is 0 Å². The van der Waals surface area contributed by atoms with Crippen LogP contribution in [0.15, 0.2) is 78.9 Å². The number of carbonyl (C=O) groups is 1. The second-order valence-electron chi connectivity index (χ2n) is 5.47. The molecule has 0 atom stereocenters. The Labute approximate surface area is 146 Å². The minimum absolute atomic E-state index is 0.152. The number of ether oxygens (including phenoxy) is 1. The van der Waals surface area contributed by atoms with E-state index in [0.717, 1.165) is 5.75 Å². The molecule has 0 saturated carbocycles. The maximum absolute atomic E-state index is 12.6. The van der Waals surface area contributed by atoms with Crippen LogP contribution in [0.1, 0.15) is 15.9 Å². The third-order valence-corrected chi connectivity index (χ3v) is 3.75. The molecule has 0 spiro atoms. The number of rotatable bonds is 4. The first-order chi connectivity index (χ1) is 12.2. The van der Waals surface area contributed by atoms with Gasteiger partial charge in [-0.2, -0.15) is 5.26 Å². The molecule has 4 nitrogen and oxygen atoms in total. The number of hydrogen-bond donors (Lipinski definition) is 0. The summed E-state index contributed by atoms with van der Waals surface area (Å²) in [7, 11) is 1.69. The summed E-state index contributed by atoms with van der Waals surface area (Å²) in [6, 6.07) is 25.5. The second-order valence-corrected chi connectivity index (χ2v) is 5.47. The van der Waals surface area contributed by atoms with Crippen molar-refractivity contribution >= 4 is 11.6 Å². The normalized spacial score (nSPS) is 9.92. The second kappa shape index (κ2) is 7.33. The highest BCUT2D eigenvalue weighted by Crippen LogP contribution is 2.22. The average molecular weight is 328 g/mol. The molecule has 0 aliphatic heterocycles. The van der Waals surface area contributed by atoms with Crippen molar-refractivity contribution in [3.05, 3.63) is 90.0 Å². The zero-order valence-corrected chi connectivity index (χ0v) is 13.7. The molecular formula is C21H16N2O2. The van der Waals surface area contributed by atoms with Crippen molar-refractivity contribution in [2.24, 2.45) is 0 Å². The van der Waals surface area contributed by atoms with Crippen molar-refractivity contribution in [1.82, 2.24) is 0 Å². The van der Waals surface area contributed by atoms with E-state index in [0.29, 0.717) is 22.6 Å². The molecule has 0 aromatic heterocycles. The lowest BCUT2D eigenvalue weighted by atomic mass is 10.1. The van der Waals surface area contributed by atoms with E-state index < -0.39 is 0 Å². The summed E-state index contributed by atoms with van der Waals surface area (Å²) in [4.78, 5) is 14.1. The molecule has 0 N–H and O–H groups in total. The van der Waals surface area contributed by atoms with Crippen LogP contribution >= 0.6 is 0 Å². The van der Waals surface area contributed by atoms with E-state index in [9.17, 15) is 4.79 Å². The van der Waals surface area contributed by atoms with Gasteiger partial charge in [0.25, 0.3) is 5.91 Å². The highest BCUT2D eigenvalue weighted by Gasteiger charge is 2.14. The Morgan fingerprint density at radius 3 is 2.28 bits per heavy atom. The first-order valence-electron chi connectivity index (χ1n) is 7.78. The zero-order valence-electron chi connectivity index (χ0n) is 13.7. The Hall–Kier alpha value is -3.58. The Balaban J connectivity index is 1.75. The standard InChI is InChI=1S/C21H16N2O2/c1-23(18-7-5-6-16(14-18)15-22)21(24)17-10-12-20(13-11-17)25-19-8-3-2-4-9-19/h2-14H,1H3. The van der Waals surface area contributed by atoms with Gasteiger partial charge < -0.3 is 9.64 Å². The number of amides is 1. The van der Waals surface area contributed by atoms with Crippen LogP contribution in [-0.4, -0.2) is 13.0 Å². The lowest BCUT2D eigenvalue weighted by Crippen LogP contribution is -2.26. The van der Waals surface area contributed by atoms with Gasteiger partial charge in [-0.1, -0.05) is 24.3 Å². The zero-order chi connectivity index (χ0) is 17.6. The molecule has 0 aliphatic carbocycles. The van der Waals surface area contributed by atoms with Crippen molar-refractivity contribution in [2.75, 3.05) is 11.9 Å². The number of nitriles is 1. The predicted octanol–water partition coefficient (Wildman–Crippen LogP) is 4.63. The fraction of sp³-hybridized carbons (Fsp3) is 0.0476. The van der Waals surface area contributed by atoms with Gasteiger partial charge >= 0.3 is 0 Å². The van der Waals surface area contributed by atoms with Crippen molar-refractivity contribution in [2.45, 2.75) is 0 Å². The van der Waals surface area contributed by atoms with E-state index in [2.05, 4.69) is 6.07 Å². The molecule has 25 heavy (non-hydrogen) atoms. The van der Waals surface area contributed by atoms with Crippen LogP contribution < -0.4 is 9.64 Å². The van der Waals surface area contributed by atoms with Crippen LogP contribution in [0.5, 0.6) is 11.5 Å². The lowest BCUT2D eigenvalue weighted by Gasteiger charge is -2.17. The van der Waals surface area contributed by atoms with Crippen molar-refractivity contribution in [3.8, 4) is 17.6 Å². The third kappa shape index (κ3) is 3.85. The van der Waals surface area contributed by atoms with Gasteiger partial charge in [-0.05, 0) is 54.6 Å². The first kappa shape index (κ1) is 16.3. The number of para-hydroxylation sites is 1. The van der Waals surface area contributed by atoms with Gasteiger partial charge in [0.05, 0.1) is 11.6 Å². The van der Waals surface area contributed by atoms with Crippen LogP contribution in [-0.2, 0) is 0 Å². The minimum atomic E-state index is -0.152. The maximum atomic E-state index is 12.6. The molecule has 0 fully saturated rings. The molecule has 4 heteroatoms. The van der Waals surface area contributed by atoms with Crippen molar-refractivity contribution < 1.29 is 9.53 Å². The van der Waals surface area contributed by atoms with Gasteiger partial charge in [-0.25, -0.2) is 0 Å². The molecule has 0 heterocycles. The number of nitrogens with zero attached hydrogens (tertiary/aromatic N) is 2. The van der Waals surface area contributed by atoms with Crippen LogP contribution in [0, 0.1) is 11.3 Å². The Morgan fingerprint density at radius 2 is 1.60 bits per heavy atom. The average Bonchev–Trinajstić information content (AvgIpc) is 2.68. The number of benzene rings is 3. The maximum Gasteiger partial charge on any atom is 0.258 e. The van der Waals surface area contributed by atoms with Gasteiger partial charge in [0, 0.05) is 18.3 Å². The highest BCUT2D eigenvalue weighted by atomic mass is 16.5. The largest absolute Gasteiger partial charge is 0.457 e. The van der Waals surface area contributed by atoms with E-state index in [1.54, 1.807) is 55.6 Å². The van der Waals surface area contributed by atoms with Crippen LogP contribution in [0.3, 0.4) is 0 Å². The van der Waals surface area contributed by atoms with E-state index in [1.165, 1.54) is 4.90 Å². The first-order valence-corrected chi connectivity index (χ1v) is 7.78. The summed E-state index contributed by atoms with van der Waals surface area (Å²) >= 11 is 0. The summed E-state index contributed by atoms with van der Waals surface area (Å²) in [5, 5.41) is 8.98. The van der Waals surface area contributed by atoms with Gasteiger partial charge in [-0.15, -0.1) is 0 Å². The fourth-order valence-corrected chi connectivity index (χ4v) is 2.39. The van der Waals surface area contributed by atoms with Gasteiger partial charge in [-0.3, -0.25) is 4.79 Å². The lowest BCUT2D eigenvalue weighted by molar-refractivity contribution is 0.0993. The molecule has 3 aromatic carbocycles. The summed E-state index contributed by atoms with van der Waals surface area (Å²) < 4.78 is 5.73. The number of anilines is 1. The smallest absolute Gasteiger partial charge is 0.258 e. The SMILES string of the molecule is CN(C(=O)c1ccc(Oc2ccccc2)cc1)c1cccc(C#N)c1. The van der Waals surface area contributed by atoms with E-state index >= 15 is 0 Å². The molecule has 0 unspecified atom stereocenters. The summed E-state index contributed by atoms with van der Waals surface area (Å²) in [5.41, 5.74) is 1.74. The van der Waals surface area contributed by atoms with E-state index in [1.807, 2.05) is 30.3 Å². The van der Waals surface area contributed by atoms with Gasteiger partial charge in [0.15, 0.2) is 0 Å². The molecule has 0 radical (unpaired) electrons. The summed E-state index contributed by atoms with van der Waals surface area (Å²) in [6.45, 7) is 0. The van der Waals surface area contributed by atoms with E-state index in [4.69, 9.17) is 10.00 Å². The Kier molecular flexibility index (Phi) is 4.77. The van der Waals surface area contributed by atoms with Gasteiger partial charge in [0.2, 0.25) is 0 Å². The third-order valence-electron chi connectivity index (χ3n) is 3.75. The Morgan fingerprint density at radius 1 is 0.920 bits per heavy atom. The van der Waals surface area contributed by atoms with Crippen molar-refractivity contribution in [3.63, 3.8) is 0 Å². The molecule has 0 aliphatic rings.